The minimum Gasteiger partial charge on any atom is -0.487 e. The van der Waals surface area contributed by atoms with Gasteiger partial charge in [-0.2, -0.15) is 0 Å². The number of pyridine rings is 1. The molecule has 0 aliphatic carbocycles. The Morgan fingerprint density at radius 2 is 2.11 bits per heavy atom. The average Bonchev–Trinajstić information content (AvgIpc) is 2.41. The summed E-state index contributed by atoms with van der Waals surface area (Å²) in [6.45, 7) is 0.281. The molecule has 0 bridgehead atoms. The number of halogens is 3. The van der Waals surface area contributed by atoms with Crippen LogP contribution in [0.4, 0.5) is 4.39 Å². The summed E-state index contributed by atoms with van der Waals surface area (Å²) < 4.78 is 18.7. The van der Waals surface area contributed by atoms with Crippen LogP contribution in [0.25, 0.3) is 0 Å². The van der Waals surface area contributed by atoms with E-state index in [9.17, 15) is 4.39 Å². The third-order valence-electron chi connectivity index (χ3n) is 2.32. The number of hydrogen-bond acceptors (Lipinski definition) is 2. The van der Waals surface area contributed by atoms with E-state index in [4.69, 9.17) is 16.3 Å². The smallest absolute Gasteiger partial charge is 0.142 e. The SMILES string of the molecule is Fc1cc(COc2ccc(CBr)nc2)ccc1Cl. The first-order valence-electron chi connectivity index (χ1n) is 5.26. The van der Waals surface area contributed by atoms with Crippen molar-refractivity contribution in [3.8, 4) is 5.75 Å². The Balaban J connectivity index is 1.99. The highest BCUT2D eigenvalue weighted by Gasteiger charge is 2.02. The molecule has 2 nitrogen and oxygen atoms in total. The van der Waals surface area contributed by atoms with Crippen molar-refractivity contribution in [1.29, 1.82) is 0 Å². The zero-order chi connectivity index (χ0) is 13.0. The van der Waals surface area contributed by atoms with Crippen molar-refractivity contribution in [1.82, 2.24) is 4.98 Å². The van der Waals surface area contributed by atoms with Crippen molar-refractivity contribution in [3.63, 3.8) is 0 Å². The lowest BCUT2D eigenvalue weighted by Crippen LogP contribution is -1.97. The number of benzene rings is 1. The van der Waals surface area contributed by atoms with E-state index in [-0.39, 0.29) is 11.6 Å². The first-order valence-corrected chi connectivity index (χ1v) is 6.76. The first-order chi connectivity index (χ1) is 8.69. The van der Waals surface area contributed by atoms with Gasteiger partial charge in [0, 0.05) is 5.33 Å². The van der Waals surface area contributed by atoms with Crippen molar-refractivity contribution < 1.29 is 9.13 Å². The van der Waals surface area contributed by atoms with Gasteiger partial charge in [0.2, 0.25) is 0 Å². The summed E-state index contributed by atoms with van der Waals surface area (Å²) in [5.74, 6) is 0.209. The van der Waals surface area contributed by atoms with E-state index >= 15 is 0 Å². The molecule has 18 heavy (non-hydrogen) atoms. The third-order valence-corrected chi connectivity index (χ3v) is 3.21. The molecule has 2 rings (SSSR count). The molecule has 0 spiro atoms. The second-order valence-electron chi connectivity index (χ2n) is 3.66. The average molecular weight is 331 g/mol. The zero-order valence-electron chi connectivity index (χ0n) is 9.37. The number of hydrogen-bond donors (Lipinski definition) is 0. The van der Waals surface area contributed by atoms with Gasteiger partial charge in [0.25, 0.3) is 0 Å². The minimum absolute atomic E-state index is 0.113. The van der Waals surface area contributed by atoms with E-state index in [1.807, 2.05) is 12.1 Å². The summed E-state index contributed by atoms with van der Waals surface area (Å²) in [6.07, 6.45) is 1.64. The summed E-state index contributed by atoms with van der Waals surface area (Å²) in [5.41, 5.74) is 1.65. The Morgan fingerprint density at radius 1 is 1.28 bits per heavy atom. The summed E-state index contributed by atoms with van der Waals surface area (Å²) >= 11 is 8.92. The molecule has 0 fully saturated rings. The van der Waals surface area contributed by atoms with Crippen molar-refractivity contribution in [3.05, 3.63) is 58.6 Å². The van der Waals surface area contributed by atoms with Crippen molar-refractivity contribution in [2.45, 2.75) is 11.9 Å². The van der Waals surface area contributed by atoms with Crippen LogP contribution < -0.4 is 4.74 Å². The standard InChI is InChI=1S/C13H10BrClFNO/c14-6-10-2-3-11(7-17-10)18-8-9-1-4-12(15)13(16)5-9/h1-5,7H,6,8H2. The Kier molecular flexibility index (Phi) is 4.55. The van der Waals surface area contributed by atoms with Gasteiger partial charge in [-0.05, 0) is 29.8 Å². The predicted molar refractivity (Wildman–Crippen MR) is 72.6 cm³/mol. The van der Waals surface area contributed by atoms with Crippen LogP contribution in [0.2, 0.25) is 5.02 Å². The van der Waals surface area contributed by atoms with Crippen molar-refractivity contribution in [2.75, 3.05) is 0 Å². The molecule has 0 amide bonds. The highest BCUT2D eigenvalue weighted by molar-refractivity contribution is 9.08. The van der Waals surface area contributed by atoms with Gasteiger partial charge in [0.1, 0.15) is 18.2 Å². The Labute approximate surface area is 118 Å². The topological polar surface area (TPSA) is 22.1 Å². The highest BCUT2D eigenvalue weighted by Crippen LogP contribution is 2.17. The normalized spacial score (nSPS) is 10.4. The van der Waals surface area contributed by atoms with Gasteiger partial charge in [-0.15, -0.1) is 0 Å². The van der Waals surface area contributed by atoms with Crippen molar-refractivity contribution in [2.24, 2.45) is 0 Å². The summed E-state index contributed by atoms with van der Waals surface area (Å²) in [7, 11) is 0. The molecule has 0 radical (unpaired) electrons. The fourth-order valence-corrected chi connectivity index (χ4v) is 1.82. The Morgan fingerprint density at radius 3 is 2.72 bits per heavy atom. The first kappa shape index (κ1) is 13.3. The lowest BCUT2D eigenvalue weighted by atomic mass is 10.2. The second-order valence-corrected chi connectivity index (χ2v) is 4.62. The van der Waals surface area contributed by atoms with E-state index in [1.165, 1.54) is 12.1 Å². The summed E-state index contributed by atoms with van der Waals surface area (Å²) in [4.78, 5) is 4.17. The van der Waals surface area contributed by atoms with Crippen LogP contribution in [0.15, 0.2) is 36.5 Å². The molecule has 5 heteroatoms. The molecule has 0 N–H and O–H groups in total. The fraction of sp³-hybridized carbons (Fsp3) is 0.154. The molecular weight excluding hydrogens is 321 g/mol. The number of aromatic nitrogens is 1. The van der Waals surface area contributed by atoms with Gasteiger partial charge in [-0.1, -0.05) is 33.6 Å². The number of alkyl halides is 1. The van der Waals surface area contributed by atoms with Gasteiger partial charge in [-0.25, -0.2) is 4.39 Å². The van der Waals surface area contributed by atoms with Crippen LogP contribution in [0.5, 0.6) is 5.75 Å². The quantitative estimate of drug-likeness (QED) is 0.778. The summed E-state index contributed by atoms with van der Waals surface area (Å²) in [5, 5.41) is 0.817. The fourth-order valence-electron chi connectivity index (χ4n) is 1.37. The maximum absolute atomic E-state index is 13.2. The minimum atomic E-state index is -0.439. The molecule has 0 saturated heterocycles. The highest BCUT2D eigenvalue weighted by atomic mass is 79.9. The summed E-state index contributed by atoms with van der Waals surface area (Å²) in [6, 6.07) is 8.30. The molecule has 1 aromatic heterocycles. The third kappa shape index (κ3) is 3.43. The maximum Gasteiger partial charge on any atom is 0.142 e. The molecular formula is C13H10BrClFNO. The number of nitrogens with zero attached hydrogens (tertiary/aromatic N) is 1. The van der Waals surface area contributed by atoms with Gasteiger partial charge >= 0.3 is 0 Å². The maximum atomic E-state index is 13.2. The predicted octanol–water partition coefficient (Wildman–Crippen LogP) is 4.35. The number of rotatable bonds is 4. The van der Waals surface area contributed by atoms with Gasteiger partial charge in [-0.3, -0.25) is 4.98 Å². The van der Waals surface area contributed by atoms with Crippen molar-refractivity contribution >= 4 is 27.5 Å². The second kappa shape index (κ2) is 6.16. The molecule has 0 aliphatic rings. The Bertz CT molecular complexity index is 533. The lowest BCUT2D eigenvalue weighted by molar-refractivity contribution is 0.304. The Hall–Kier alpha value is -1.13. The van der Waals surface area contributed by atoms with E-state index in [1.54, 1.807) is 12.3 Å². The number of ether oxygens (including phenoxy) is 1. The molecule has 0 atom stereocenters. The van der Waals surface area contributed by atoms with E-state index in [2.05, 4.69) is 20.9 Å². The van der Waals surface area contributed by atoms with Crippen LogP contribution in [0.3, 0.4) is 0 Å². The van der Waals surface area contributed by atoms with Crippen LogP contribution in [0, 0.1) is 5.82 Å². The molecule has 2 aromatic rings. The monoisotopic (exact) mass is 329 g/mol. The van der Waals surface area contributed by atoms with Gasteiger partial charge in [0.15, 0.2) is 0 Å². The van der Waals surface area contributed by atoms with Crippen LogP contribution in [-0.4, -0.2) is 4.98 Å². The van der Waals surface area contributed by atoms with Crippen LogP contribution in [-0.2, 0) is 11.9 Å². The lowest BCUT2D eigenvalue weighted by Gasteiger charge is -2.06. The van der Waals surface area contributed by atoms with E-state index in [0.29, 0.717) is 11.1 Å². The van der Waals surface area contributed by atoms with Crippen LogP contribution >= 0.6 is 27.5 Å². The molecule has 0 aliphatic heterocycles. The molecule has 0 unspecified atom stereocenters. The van der Waals surface area contributed by atoms with Crippen LogP contribution in [0.1, 0.15) is 11.3 Å². The molecule has 94 valence electrons. The van der Waals surface area contributed by atoms with Gasteiger partial charge in [0.05, 0.1) is 16.9 Å². The largest absolute Gasteiger partial charge is 0.487 e. The van der Waals surface area contributed by atoms with E-state index < -0.39 is 5.82 Å². The zero-order valence-corrected chi connectivity index (χ0v) is 11.7. The molecule has 1 heterocycles. The molecule has 0 saturated carbocycles. The van der Waals surface area contributed by atoms with E-state index in [0.717, 1.165) is 11.3 Å². The van der Waals surface area contributed by atoms with Gasteiger partial charge < -0.3 is 4.74 Å². The molecule has 1 aromatic carbocycles.